The quantitative estimate of drug-likeness (QED) is 0.832. The van der Waals surface area contributed by atoms with E-state index < -0.39 is 0 Å². The predicted molar refractivity (Wildman–Crippen MR) is 75.7 cm³/mol. The van der Waals surface area contributed by atoms with Crippen molar-refractivity contribution in [2.24, 2.45) is 10.9 Å². The zero-order chi connectivity index (χ0) is 12.4. The number of nitrogens with one attached hydrogen (secondary N) is 1. The average Bonchev–Trinajstić information content (AvgIpc) is 2.39. The van der Waals surface area contributed by atoms with E-state index in [2.05, 4.69) is 5.32 Å². The number of halogens is 1. The van der Waals surface area contributed by atoms with Gasteiger partial charge in [0.25, 0.3) is 0 Å². The molecule has 2 nitrogen and oxygen atoms in total. The van der Waals surface area contributed by atoms with Crippen molar-refractivity contribution in [1.82, 2.24) is 0 Å². The molecule has 0 amide bonds. The summed E-state index contributed by atoms with van der Waals surface area (Å²) < 4.78 is 13.1. The Kier molecular flexibility index (Phi) is 3.55. The van der Waals surface area contributed by atoms with Crippen molar-refractivity contribution >= 4 is 22.6 Å². The molecule has 2 unspecified atom stereocenters. The summed E-state index contributed by atoms with van der Waals surface area (Å²) in [5.41, 5.74) is 0.788. The summed E-state index contributed by atoms with van der Waals surface area (Å²) in [6.45, 7) is 0. The third kappa shape index (κ3) is 2.69. The summed E-state index contributed by atoms with van der Waals surface area (Å²) >= 11 is 1.77. The molecule has 1 heterocycles. The van der Waals surface area contributed by atoms with Gasteiger partial charge in [-0.05, 0) is 37.0 Å². The van der Waals surface area contributed by atoms with Gasteiger partial charge in [-0.25, -0.2) is 4.39 Å². The van der Waals surface area contributed by atoms with Gasteiger partial charge in [-0.15, -0.1) is 0 Å². The molecule has 0 radical (unpaired) electrons. The molecule has 3 rings (SSSR count). The fourth-order valence-electron chi connectivity index (χ4n) is 2.68. The van der Waals surface area contributed by atoms with Crippen LogP contribution in [0.25, 0.3) is 0 Å². The number of nitrogens with zero attached hydrogens (tertiary/aromatic N) is 1. The van der Waals surface area contributed by atoms with Crippen LogP contribution < -0.4 is 5.32 Å². The van der Waals surface area contributed by atoms with Gasteiger partial charge < -0.3 is 5.32 Å². The second-order valence-electron chi connectivity index (χ2n) is 4.99. The van der Waals surface area contributed by atoms with E-state index >= 15 is 0 Å². The SMILES string of the molecule is Fc1cccc(NC2=NC3CCCCC3CS2)c1. The molecule has 1 N–H and O–H groups in total. The number of thioether (sulfide) groups is 1. The summed E-state index contributed by atoms with van der Waals surface area (Å²) in [5.74, 6) is 1.69. The van der Waals surface area contributed by atoms with E-state index in [0.29, 0.717) is 6.04 Å². The van der Waals surface area contributed by atoms with Gasteiger partial charge in [-0.1, -0.05) is 30.7 Å². The summed E-state index contributed by atoms with van der Waals surface area (Å²) in [5, 5.41) is 4.18. The third-order valence-electron chi connectivity index (χ3n) is 3.66. The average molecular weight is 264 g/mol. The fourth-order valence-corrected chi connectivity index (χ4v) is 3.85. The van der Waals surface area contributed by atoms with Crippen molar-refractivity contribution in [2.45, 2.75) is 31.7 Å². The molecular weight excluding hydrogens is 247 g/mol. The second-order valence-corrected chi connectivity index (χ2v) is 6.00. The molecule has 1 aliphatic carbocycles. The van der Waals surface area contributed by atoms with Gasteiger partial charge in [0.1, 0.15) is 5.82 Å². The van der Waals surface area contributed by atoms with E-state index in [1.807, 2.05) is 6.07 Å². The highest BCUT2D eigenvalue weighted by Crippen LogP contribution is 2.34. The van der Waals surface area contributed by atoms with Crippen LogP contribution in [0.5, 0.6) is 0 Å². The molecule has 18 heavy (non-hydrogen) atoms. The first kappa shape index (κ1) is 12.0. The van der Waals surface area contributed by atoms with Crippen molar-refractivity contribution in [3.63, 3.8) is 0 Å². The number of amidine groups is 1. The maximum absolute atomic E-state index is 13.1. The molecule has 1 aromatic carbocycles. The van der Waals surface area contributed by atoms with E-state index in [1.54, 1.807) is 17.8 Å². The van der Waals surface area contributed by atoms with Gasteiger partial charge in [0.05, 0.1) is 6.04 Å². The third-order valence-corrected chi connectivity index (χ3v) is 4.74. The second kappa shape index (κ2) is 5.31. The van der Waals surface area contributed by atoms with Crippen LogP contribution in [0.3, 0.4) is 0 Å². The lowest BCUT2D eigenvalue weighted by Crippen LogP contribution is -2.31. The van der Waals surface area contributed by atoms with Crippen LogP contribution in [0.15, 0.2) is 29.3 Å². The van der Waals surface area contributed by atoms with E-state index in [9.17, 15) is 4.39 Å². The number of aliphatic imine (C=N–C) groups is 1. The van der Waals surface area contributed by atoms with Crippen LogP contribution >= 0.6 is 11.8 Å². The Balaban J connectivity index is 1.71. The minimum Gasteiger partial charge on any atom is -0.335 e. The molecule has 0 bridgehead atoms. The molecule has 0 saturated heterocycles. The monoisotopic (exact) mass is 264 g/mol. The highest BCUT2D eigenvalue weighted by atomic mass is 32.2. The molecular formula is C14H17FN2S. The predicted octanol–water partition coefficient (Wildman–Crippen LogP) is 3.90. The number of hydrogen-bond donors (Lipinski definition) is 1. The Morgan fingerprint density at radius 3 is 3.06 bits per heavy atom. The summed E-state index contributed by atoms with van der Waals surface area (Å²) in [6, 6.07) is 7.04. The first-order valence-corrected chi connectivity index (χ1v) is 7.53. The Morgan fingerprint density at radius 1 is 1.28 bits per heavy atom. The van der Waals surface area contributed by atoms with Gasteiger partial charge in [0.2, 0.25) is 0 Å². The molecule has 1 saturated carbocycles. The molecule has 2 atom stereocenters. The lowest BCUT2D eigenvalue weighted by atomic mass is 9.86. The topological polar surface area (TPSA) is 24.4 Å². The van der Waals surface area contributed by atoms with Gasteiger partial charge in [-0.3, -0.25) is 4.99 Å². The Hall–Kier alpha value is -1.03. The van der Waals surface area contributed by atoms with E-state index in [1.165, 1.54) is 37.8 Å². The molecule has 1 aliphatic heterocycles. The molecule has 4 heteroatoms. The number of benzene rings is 1. The van der Waals surface area contributed by atoms with Gasteiger partial charge in [-0.2, -0.15) is 0 Å². The van der Waals surface area contributed by atoms with Crippen LogP contribution in [0.4, 0.5) is 10.1 Å². The smallest absolute Gasteiger partial charge is 0.161 e. The van der Waals surface area contributed by atoms with Gasteiger partial charge >= 0.3 is 0 Å². The highest BCUT2D eigenvalue weighted by Gasteiger charge is 2.29. The minimum atomic E-state index is -0.211. The fraction of sp³-hybridized carbons (Fsp3) is 0.500. The van der Waals surface area contributed by atoms with Crippen LogP contribution in [-0.4, -0.2) is 17.0 Å². The molecule has 0 spiro atoms. The molecule has 96 valence electrons. The Labute approximate surface area is 111 Å². The minimum absolute atomic E-state index is 0.211. The molecule has 1 aromatic rings. The normalized spacial score (nSPS) is 27.3. The van der Waals surface area contributed by atoms with Crippen molar-refractivity contribution < 1.29 is 4.39 Å². The summed E-state index contributed by atoms with van der Waals surface area (Å²) in [4.78, 5) is 4.77. The number of rotatable bonds is 1. The zero-order valence-corrected chi connectivity index (χ0v) is 11.0. The summed E-state index contributed by atoms with van der Waals surface area (Å²) in [7, 11) is 0. The highest BCUT2D eigenvalue weighted by molar-refractivity contribution is 8.14. The number of anilines is 1. The van der Waals surface area contributed by atoms with Crippen LogP contribution in [0.1, 0.15) is 25.7 Å². The lowest BCUT2D eigenvalue weighted by molar-refractivity contribution is 0.336. The van der Waals surface area contributed by atoms with E-state index in [0.717, 1.165) is 22.5 Å². The van der Waals surface area contributed by atoms with Gasteiger partial charge in [0, 0.05) is 11.4 Å². The number of fused-ring (bicyclic) bond motifs is 1. The van der Waals surface area contributed by atoms with Crippen molar-refractivity contribution in [2.75, 3.05) is 11.1 Å². The first-order valence-electron chi connectivity index (χ1n) is 6.54. The molecule has 0 aromatic heterocycles. The van der Waals surface area contributed by atoms with Crippen molar-refractivity contribution in [3.05, 3.63) is 30.1 Å². The molecule has 1 fully saturated rings. The maximum atomic E-state index is 13.1. The number of hydrogen-bond acceptors (Lipinski definition) is 3. The zero-order valence-electron chi connectivity index (χ0n) is 10.2. The molecule has 2 aliphatic rings. The van der Waals surface area contributed by atoms with Crippen LogP contribution in [-0.2, 0) is 0 Å². The van der Waals surface area contributed by atoms with E-state index in [-0.39, 0.29) is 5.82 Å². The van der Waals surface area contributed by atoms with Crippen molar-refractivity contribution in [1.29, 1.82) is 0 Å². The lowest BCUT2D eigenvalue weighted by Gasteiger charge is -2.32. The standard InChI is InChI=1S/C14H17FN2S/c15-11-5-3-6-12(8-11)16-14-17-13-7-2-1-4-10(13)9-18-14/h3,5-6,8,10,13H,1-2,4,7,9H2,(H,16,17). The van der Waals surface area contributed by atoms with Crippen LogP contribution in [0, 0.1) is 11.7 Å². The van der Waals surface area contributed by atoms with Crippen molar-refractivity contribution in [3.8, 4) is 0 Å². The van der Waals surface area contributed by atoms with E-state index in [4.69, 9.17) is 4.99 Å². The van der Waals surface area contributed by atoms with Gasteiger partial charge in [0.15, 0.2) is 5.17 Å². The summed E-state index contributed by atoms with van der Waals surface area (Å²) in [6.07, 6.45) is 5.17. The van der Waals surface area contributed by atoms with Crippen LogP contribution in [0.2, 0.25) is 0 Å². The first-order chi connectivity index (χ1) is 8.81. The Morgan fingerprint density at radius 2 is 2.17 bits per heavy atom. The maximum Gasteiger partial charge on any atom is 0.161 e. The Bertz CT molecular complexity index is 461. The largest absolute Gasteiger partial charge is 0.335 e.